The molecule has 2 aromatic rings. The van der Waals surface area contributed by atoms with E-state index in [1.54, 1.807) is 12.1 Å². The first kappa shape index (κ1) is 10.0. The molecule has 0 atom stereocenters. The fourth-order valence-corrected chi connectivity index (χ4v) is 1.13. The van der Waals surface area contributed by atoms with Gasteiger partial charge in [0.25, 0.3) is 11.5 Å². The third-order valence-electron chi connectivity index (χ3n) is 1.85. The topological polar surface area (TPSA) is 87.7 Å². The molecule has 0 bridgehead atoms. The molecule has 80 valence electrons. The monoisotopic (exact) mass is 216 g/mol. The summed E-state index contributed by atoms with van der Waals surface area (Å²) in [5.74, 6) is -0.371. The van der Waals surface area contributed by atoms with Crippen molar-refractivity contribution in [3.63, 3.8) is 0 Å². The van der Waals surface area contributed by atoms with Crippen LogP contribution in [0.25, 0.3) is 0 Å². The van der Waals surface area contributed by atoms with Gasteiger partial charge in [-0.2, -0.15) is 0 Å². The maximum absolute atomic E-state index is 11.6. The molecule has 0 saturated heterocycles. The summed E-state index contributed by atoms with van der Waals surface area (Å²) < 4.78 is 0. The summed E-state index contributed by atoms with van der Waals surface area (Å²) in [6, 6.07) is 4.63. The minimum absolute atomic E-state index is 0.0231. The SMILES string of the molecule is O=C(Nc1ncccn1)c1ccc[nH]c1=O. The predicted octanol–water partition coefficient (Wildman–Crippen LogP) is 0.417. The summed E-state index contributed by atoms with van der Waals surface area (Å²) >= 11 is 0. The van der Waals surface area contributed by atoms with Crippen LogP contribution in [0.5, 0.6) is 0 Å². The minimum Gasteiger partial charge on any atom is -0.328 e. The van der Waals surface area contributed by atoms with Crippen molar-refractivity contribution in [1.29, 1.82) is 0 Å². The number of carbonyl (C=O) groups excluding carboxylic acids is 1. The van der Waals surface area contributed by atoms with Crippen LogP contribution >= 0.6 is 0 Å². The number of anilines is 1. The fourth-order valence-electron chi connectivity index (χ4n) is 1.13. The van der Waals surface area contributed by atoms with E-state index in [0.29, 0.717) is 0 Å². The van der Waals surface area contributed by atoms with Gasteiger partial charge in [0.05, 0.1) is 0 Å². The van der Waals surface area contributed by atoms with E-state index < -0.39 is 11.5 Å². The van der Waals surface area contributed by atoms with Gasteiger partial charge in [-0.25, -0.2) is 9.97 Å². The number of nitrogens with one attached hydrogen (secondary N) is 2. The molecule has 0 radical (unpaired) electrons. The molecule has 0 aliphatic heterocycles. The van der Waals surface area contributed by atoms with Crippen molar-refractivity contribution in [3.05, 3.63) is 52.7 Å². The van der Waals surface area contributed by atoms with Crippen molar-refractivity contribution < 1.29 is 4.79 Å². The van der Waals surface area contributed by atoms with Crippen LogP contribution in [0.3, 0.4) is 0 Å². The van der Waals surface area contributed by atoms with Crippen LogP contribution in [-0.4, -0.2) is 20.9 Å². The summed E-state index contributed by atoms with van der Waals surface area (Å²) in [7, 11) is 0. The number of aromatic nitrogens is 3. The van der Waals surface area contributed by atoms with Gasteiger partial charge in [0.1, 0.15) is 5.56 Å². The first-order chi connectivity index (χ1) is 7.77. The quantitative estimate of drug-likeness (QED) is 0.761. The van der Waals surface area contributed by atoms with Gasteiger partial charge < -0.3 is 4.98 Å². The zero-order valence-electron chi connectivity index (χ0n) is 8.18. The van der Waals surface area contributed by atoms with E-state index in [2.05, 4.69) is 20.3 Å². The molecule has 2 heterocycles. The summed E-state index contributed by atoms with van der Waals surface area (Å²) in [5, 5.41) is 2.42. The van der Waals surface area contributed by atoms with Gasteiger partial charge in [-0.1, -0.05) is 0 Å². The molecule has 2 aromatic heterocycles. The third kappa shape index (κ3) is 2.11. The number of nitrogens with zero attached hydrogens (tertiary/aromatic N) is 2. The number of H-pyrrole nitrogens is 1. The molecule has 1 amide bonds. The zero-order chi connectivity index (χ0) is 11.4. The molecule has 2 rings (SSSR count). The smallest absolute Gasteiger partial charge is 0.263 e. The van der Waals surface area contributed by atoms with Gasteiger partial charge >= 0.3 is 0 Å². The molecular weight excluding hydrogens is 208 g/mol. The van der Waals surface area contributed by atoms with Gasteiger partial charge in [-0.3, -0.25) is 14.9 Å². The van der Waals surface area contributed by atoms with Crippen LogP contribution in [0, 0.1) is 0 Å². The first-order valence-electron chi connectivity index (χ1n) is 4.53. The number of aromatic amines is 1. The van der Waals surface area contributed by atoms with Gasteiger partial charge in [0.15, 0.2) is 0 Å². The van der Waals surface area contributed by atoms with Gasteiger partial charge in [0, 0.05) is 18.6 Å². The summed E-state index contributed by atoms with van der Waals surface area (Å²) in [6.45, 7) is 0. The Morgan fingerprint density at radius 1 is 1.25 bits per heavy atom. The number of hydrogen-bond donors (Lipinski definition) is 2. The second kappa shape index (κ2) is 4.35. The Balaban J connectivity index is 2.22. The largest absolute Gasteiger partial charge is 0.328 e. The maximum Gasteiger partial charge on any atom is 0.263 e. The molecule has 6 nitrogen and oxygen atoms in total. The third-order valence-corrected chi connectivity index (χ3v) is 1.85. The molecule has 0 aliphatic rings. The van der Waals surface area contributed by atoms with E-state index in [9.17, 15) is 9.59 Å². The van der Waals surface area contributed by atoms with Crippen molar-refractivity contribution >= 4 is 11.9 Å². The van der Waals surface area contributed by atoms with Gasteiger partial charge in [-0.15, -0.1) is 0 Å². The average Bonchev–Trinajstić information content (AvgIpc) is 2.31. The lowest BCUT2D eigenvalue weighted by Crippen LogP contribution is -2.23. The van der Waals surface area contributed by atoms with Crippen molar-refractivity contribution in [3.8, 4) is 0 Å². The van der Waals surface area contributed by atoms with Crippen LogP contribution < -0.4 is 10.9 Å². The Hall–Kier alpha value is -2.50. The Bertz CT molecular complexity index is 550. The molecule has 2 N–H and O–H groups in total. The van der Waals surface area contributed by atoms with E-state index in [-0.39, 0.29) is 11.5 Å². The van der Waals surface area contributed by atoms with E-state index >= 15 is 0 Å². The normalized spacial score (nSPS) is 9.75. The van der Waals surface area contributed by atoms with Crippen molar-refractivity contribution in [2.45, 2.75) is 0 Å². The average molecular weight is 216 g/mol. The van der Waals surface area contributed by atoms with Crippen molar-refractivity contribution in [1.82, 2.24) is 15.0 Å². The van der Waals surface area contributed by atoms with E-state index in [0.717, 1.165) is 0 Å². The molecule has 6 heteroatoms. The molecular formula is C10H8N4O2. The van der Waals surface area contributed by atoms with E-state index in [4.69, 9.17) is 0 Å². The van der Waals surface area contributed by atoms with Gasteiger partial charge in [0.2, 0.25) is 5.95 Å². The molecule has 0 aliphatic carbocycles. The highest BCUT2D eigenvalue weighted by Gasteiger charge is 2.10. The van der Waals surface area contributed by atoms with Crippen LogP contribution in [0.4, 0.5) is 5.95 Å². The van der Waals surface area contributed by atoms with E-state index in [1.807, 2.05) is 0 Å². The first-order valence-corrected chi connectivity index (χ1v) is 4.53. The zero-order valence-corrected chi connectivity index (χ0v) is 8.18. The number of pyridine rings is 1. The Morgan fingerprint density at radius 2 is 2.00 bits per heavy atom. The Morgan fingerprint density at radius 3 is 2.69 bits per heavy atom. The number of amides is 1. The van der Waals surface area contributed by atoms with Crippen LogP contribution in [0.1, 0.15) is 10.4 Å². The summed E-state index contributed by atoms with van der Waals surface area (Å²) in [4.78, 5) is 33.0. The second-order valence-electron chi connectivity index (χ2n) is 2.94. The molecule has 0 fully saturated rings. The van der Waals surface area contributed by atoms with Crippen LogP contribution in [0.2, 0.25) is 0 Å². The molecule has 0 spiro atoms. The van der Waals surface area contributed by atoms with E-state index in [1.165, 1.54) is 24.7 Å². The summed E-state index contributed by atoms with van der Waals surface area (Å²) in [6.07, 6.45) is 4.45. The predicted molar refractivity (Wildman–Crippen MR) is 57.0 cm³/mol. The summed E-state index contributed by atoms with van der Waals surface area (Å²) in [5.41, 5.74) is -0.425. The molecule has 16 heavy (non-hydrogen) atoms. The molecule has 0 aromatic carbocycles. The fraction of sp³-hybridized carbons (Fsp3) is 0. The standard InChI is InChI=1S/C10H8N4O2/c15-8-7(3-1-4-11-8)9(16)14-10-12-5-2-6-13-10/h1-6H,(H,11,15)(H,12,13,14,16). The highest BCUT2D eigenvalue weighted by atomic mass is 16.2. The van der Waals surface area contributed by atoms with Crippen molar-refractivity contribution in [2.75, 3.05) is 5.32 Å². The lowest BCUT2D eigenvalue weighted by molar-refractivity contribution is 0.102. The maximum atomic E-state index is 11.6. The van der Waals surface area contributed by atoms with Crippen molar-refractivity contribution in [2.24, 2.45) is 0 Å². The Labute approximate surface area is 90.4 Å². The minimum atomic E-state index is -0.534. The number of rotatable bonds is 2. The molecule has 0 saturated carbocycles. The van der Waals surface area contributed by atoms with Crippen LogP contribution in [0.15, 0.2) is 41.6 Å². The molecule has 0 unspecified atom stereocenters. The lowest BCUT2D eigenvalue weighted by Gasteiger charge is -2.01. The Kier molecular flexibility index (Phi) is 2.73. The number of carbonyl (C=O) groups is 1. The highest BCUT2D eigenvalue weighted by Crippen LogP contribution is 1.98. The van der Waals surface area contributed by atoms with Crippen LogP contribution in [-0.2, 0) is 0 Å². The lowest BCUT2D eigenvalue weighted by atomic mass is 10.2. The number of hydrogen-bond acceptors (Lipinski definition) is 4. The second-order valence-corrected chi connectivity index (χ2v) is 2.94. The highest BCUT2D eigenvalue weighted by molar-refractivity contribution is 6.02. The van der Waals surface area contributed by atoms with Gasteiger partial charge in [-0.05, 0) is 18.2 Å².